The maximum atomic E-state index is 12.5. The predicted molar refractivity (Wildman–Crippen MR) is 84.2 cm³/mol. The number of nitrogens with one attached hydrogen (secondary N) is 1. The van der Waals surface area contributed by atoms with Crippen molar-refractivity contribution in [2.24, 2.45) is 0 Å². The summed E-state index contributed by atoms with van der Waals surface area (Å²) in [7, 11) is -3.67. The first-order valence-corrected chi connectivity index (χ1v) is 9.16. The number of hydrogen-bond acceptors (Lipinski definition) is 5. The zero-order valence-electron chi connectivity index (χ0n) is 12.9. The van der Waals surface area contributed by atoms with Crippen LogP contribution in [-0.4, -0.2) is 35.8 Å². The second-order valence-corrected chi connectivity index (χ2v) is 7.12. The van der Waals surface area contributed by atoms with E-state index in [-0.39, 0.29) is 17.2 Å². The molecule has 0 radical (unpaired) electrons. The highest BCUT2D eigenvalue weighted by molar-refractivity contribution is 7.89. The van der Waals surface area contributed by atoms with E-state index in [4.69, 9.17) is 4.74 Å². The lowest BCUT2D eigenvalue weighted by atomic mass is 9.99. The van der Waals surface area contributed by atoms with Gasteiger partial charge >= 0.3 is 0 Å². The fraction of sp³-hybridized carbons (Fsp3) is 0.467. The minimum atomic E-state index is -3.67. The summed E-state index contributed by atoms with van der Waals surface area (Å²) in [5.74, 6) is 0. The topological polar surface area (TPSA) is 86.1 Å². The Bertz CT molecular complexity index is 745. The Balaban J connectivity index is 1.82. The molecular formula is C15H20N4O3S. The van der Waals surface area contributed by atoms with Crippen molar-refractivity contribution in [2.45, 2.75) is 43.5 Å². The number of aromatic nitrogens is 3. The molecule has 1 aliphatic heterocycles. The Morgan fingerprint density at radius 2 is 2.30 bits per heavy atom. The maximum absolute atomic E-state index is 12.5. The first-order chi connectivity index (χ1) is 11.1. The molecule has 3 heterocycles. The number of ether oxygens (including phenoxy) is 1. The third kappa shape index (κ3) is 3.60. The molecule has 7 nitrogen and oxygen atoms in total. The summed E-state index contributed by atoms with van der Waals surface area (Å²) in [4.78, 5) is 3.92. The van der Waals surface area contributed by atoms with Crippen molar-refractivity contribution in [2.75, 3.05) is 6.61 Å². The van der Waals surface area contributed by atoms with Gasteiger partial charge in [0.2, 0.25) is 0 Å². The van der Waals surface area contributed by atoms with Crippen LogP contribution in [0.5, 0.6) is 0 Å². The molecule has 1 aliphatic rings. The standard InChI is InChI=1S/C15H20N4O3S/c1-2-19-11-12(10-17-19)15-13(6-5-9-22-15)18-23(20,21)14-7-3-4-8-16-14/h3-4,7-8,10-11,13,15,18H,2,5-6,9H2,1H3/t13-,15+/m1/s1. The smallest absolute Gasteiger partial charge is 0.258 e. The monoisotopic (exact) mass is 336 g/mol. The molecule has 0 aromatic carbocycles. The van der Waals surface area contributed by atoms with E-state index in [1.165, 1.54) is 12.3 Å². The Kier molecular flexibility index (Phi) is 4.74. The van der Waals surface area contributed by atoms with Crippen molar-refractivity contribution in [3.8, 4) is 0 Å². The van der Waals surface area contributed by atoms with Crippen molar-refractivity contribution in [3.63, 3.8) is 0 Å². The number of nitrogens with zero attached hydrogens (tertiary/aromatic N) is 3. The van der Waals surface area contributed by atoms with Crippen LogP contribution in [0.25, 0.3) is 0 Å². The fourth-order valence-corrected chi connectivity index (χ4v) is 3.91. The van der Waals surface area contributed by atoms with Gasteiger partial charge in [-0.25, -0.2) is 18.1 Å². The van der Waals surface area contributed by atoms with E-state index in [1.54, 1.807) is 23.0 Å². The molecule has 124 valence electrons. The van der Waals surface area contributed by atoms with E-state index >= 15 is 0 Å². The maximum Gasteiger partial charge on any atom is 0.258 e. The van der Waals surface area contributed by atoms with E-state index in [2.05, 4.69) is 14.8 Å². The largest absolute Gasteiger partial charge is 0.372 e. The molecule has 2 atom stereocenters. The van der Waals surface area contributed by atoms with Gasteiger partial charge in [-0.1, -0.05) is 6.07 Å². The molecular weight excluding hydrogens is 316 g/mol. The fourth-order valence-electron chi connectivity index (χ4n) is 2.70. The van der Waals surface area contributed by atoms with Crippen LogP contribution < -0.4 is 4.72 Å². The first kappa shape index (κ1) is 16.1. The van der Waals surface area contributed by atoms with Crippen molar-refractivity contribution in [1.29, 1.82) is 0 Å². The molecule has 1 fully saturated rings. The van der Waals surface area contributed by atoms with E-state index in [1.807, 2.05) is 13.1 Å². The molecule has 1 saturated heterocycles. The van der Waals surface area contributed by atoms with Gasteiger partial charge in [-0.05, 0) is 31.9 Å². The Hall–Kier alpha value is -1.77. The van der Waals surface area contributed by atoms with Crippen molar-refractivity contribution in [1.82, 2.24) is 19.5 Å². The van der Waals surface area contributed by atoms with Gasteiger partial charge < -0.3 is 4.74 Å². The van der Waals surface area contributed by atoms with Gasteiger partial charge in [-0.3, -0.25) is 4.68 Å². The summed E-state index contributed by atoms with van der Waals surface area (Å²) < 4.78 is 35.3. The highest BCUT2D eigenvalue weighted by Crippen LogP contribution is 2.29. The van der Waals surface area contributed by atoms with Crippen molar-refractivity contribution in [3.05, 3.63) is 42.4 Å². The Morgan fingerprint density at radius 1 is 1.43 bits per heavy atom. The third-order valence-corrected chi connectivity index (χ3v) is 5.25. The third-order valence-electron chi connectivity index (χ3n) is 3.85. The van der Waals surface area contributed by atoms with Crippen LogP contribution in [0.2, 0.25) is 0 Å². The number of rotatable bonds is 5. The highest BCUT2D eigenvalue weighted by Gasteiger charge is 2.32. The summed E-state index contributed by atoms with van der Waals surface area (Å²) in [5, 5.41) is 4.27. The molecule has 2 aromatic rings. The van der Waals surface area contributed by atoms with Crippen LogP contribution in [0.3, 0.4) is 0 Å². The minimum absolute atomic E-state index is 0.0218. The molecule has 1 N–H and O–H groups in total. The molecule has 0 amide bonds. The zero-order chi connectivity index (χ0) is 16.3. The average Bonchev–Trinajstić information content (AvgIpc) is 3.05. The van der Waals surface area contributed by atoms with Gasteiger partial charge in [0.1, 0.15) is 6.10 Å². The number of aryl methyl sites for hydroxylation is 1. The first-order valence-electron chi connectivity index (χ1n) is 7.67. The summed E-state index contributed by atoms with van der Waals surface area (Å²) in [6.45, 7) is 3.38. The quantitative estimate of drug-likeness (QED) is 0.894. The predicted octanol–water partition coefficient (Wildman–Crippen LogP) is 1.50. The molecule has 0 spiro atoms. The van der Waals surface area contributed by atoms with Gasteiger partial charge in [0.25, 0.3) is 10.0 Å². The SMILES string of the molecule is CCn1cc([C@@H]2OCCC[C@H]2NS(=O)(=O)c2ccccn2)cn1. The summed E-state index contributed by atoms with van der Waals surface area (Å²) >= 11 is 0. The average molecular weight is 336 g/mol. The lowest BCUT2D eigenvalue weighted by molar-refractivity contribution is -0.00449. The molecule has 0 aliphatic carbocycles. The second kappa shape index (κ2) is 6.77. The summed E-state index contributed by atoms with van der Waals surface area (Å²) in [6, 6.07) is 4.49. The molecule has 0 bridgehead atoms. The van der Waals surface area contributed by atoms with Crippen molar-refractivity contribution < 1.29 is 13.2 Å². The molecule has 0 saturated carbocycles. The van der Waals surface area contributed by atoms with Crippen LogP contribution in [0.4, 0.5) is 0 Å². The van der Waals surface area contributed by atoms with E-state index in [0.29, 0.717) is 13.0 Å². The molecule has 8 heteroatoms. The van der Waals surface area contributed by atoms with Crippen LogP contribution in [0.15, 0.2) is 41.8 Å². The highest BCUT2D eigenvalue weighted by atomic mass is 32.2. The minimum Gasteiger partial charge on any atom is -0.372 e. The van der Waals surface area contributed by atoms with Crippen LogP contribution >= 0.6 is 0 Å². The van der Waals surface area contributed by atoms with Gasteiger partial charge in [0, 0.05) is 31.1 Å². The lowest BCUT2D eigenvalue weighted by Crippen LogP contribution is -2.42. The Labute approximate surface area is 135 Å². The second-order valence-electron chi connectivity index (χ2n) is 5.46. The molecule has 0 unspecified atom stereocenters. The summed E-state index contributed by atoms with van der Waals surface area (Å²) in [5.41, 5.74) is 0.889. The normalized spacial score (nSPS) is 22.1. The van der Waals surface area contributed by atoms with E-state index in [9.17, 15) is 8.42 Å². The van der Waals surface area contributed by atoms with Gasteiger partial charge in [-0.2, -0.15) is 5.10 Å². The Morgan fingerprint density at radius 3 is 3.00 bits per heavy atom. The van der Waals surface area contributed by atoms with E-state index < -0.39 is 10.0 Å². The summed E-state index contributed by atoms with van der Waals surface area (Å²) in [6.07, 6.45) is 6.30. The van der Waals surface area contributed by atoms with Gasteiger partial charge in [0.05, 0.1) is 12.2 Å². The van der Waals surface area contributed by atoms with E-state index in [0.717, 1.165) is 18.5 Å². The molecule has 23 heavy (non-hydrogen) atoms. The van der Waals surface area contributed by atoms with Crippen LogP contribution in [-0.2, 0) is 21.3 Å². The molecule has 2 aromatic heterocycles. The van der Waals surface area contributed by atoms with Crippen LogP contribution in [0, 0.1) is 0 Å². The number of sulfonamides is 1. The lowest BCUT2D eigenvalue weighted by Gasteiger charge is -2.31. The van der Waals surface area contributed by atoms with Gasteiger partial charge in [-0.15, -0.1) is 0 Å². The number of hydrogen-bond donors (Lipinski definition) is 1. The zero-order valence-corrected chi connectivity index (χ0v) is 13.7. The van der Waals surface area contributed by atoms with Gasteiger partial charge in [0.15, 0.2) is 5.03 Å². The number of pyridine rings is 1. The van der Waals surface area contributed by atoms with Crippen LogP contribution in [0.1, 0.15) is 31.4 Å². The molecule has 3 rings (SSSR count). The van der Waals surface area contributed by atoms with Crippen molar-refractivity contribution >= 4 is 10.0 Å².